The summed E-state index contributed by atoms with van der Waals surface area (Å²) in [5.74, 6) is 1.89. The largest absolute Gasteiger partial charge is 0.327 e. The van der Waals surface area contributed by atoms with Crippen LogP contribution in [0, 0.1) is 5.92 Å². The van der Waals surface area contributed by atoms with Crippen LogP contribution >= 0.6 is 0 Å². The molecule has 0 fully saturated rings. The monoisotopic (exact) mass is 245 g/mol. The quantitative estimate of drug-likeness (QED) is 0.792. The summed E-state index contributed by atoms with van der Waals surface area (Å²) in [6.45, 7) is 9.57. The fraction of sp³-hybridized carbons (Fsp3) is 0.533. The first-order valence-electron chi connectivity index (χ1n) is 6.87. The topological polar surface area (TPSA) is 29.9 Å². The van der Waals surface area contributed by atoms with Gasteiger partial charge in [-0.05, 0) is 37.9 Å². The average Bonchev–Trinajstić information content (AvgIpc) is 2.71. The number of hydrogen-bond donors (Lipinski definition) is 1. The van der Waals surface area contributed by atoms with Crippen LogP contribution in [0.1, 0.15) is 33.0 Å². The van der Waals surface area contributed by atoms with E-state index in [1.54, 1.807) is 0 Å². The van der Waals surface area contributed by atoms with E-state index < -0.39 is 0 Å². The highest BCUT2D eigenvalue weighted by Crippen LogP contribution is 2.15. The first-order valence-corrected chi connectivity index (χ1v) is 6.87. The summed E-state index contributed by atoms with van der Waals surface area (Å²) in [5.41, 5.74) is 2.33. The first kappa shape index (κ1) is 13.1. The smallest absolute Gasteiger partial charge is 0.123 e. The summed E-state index contributed by atoms with van der Waals surface area (Å²) in [4.78, 5) is 4.70. The lowest BCUT2D eigenvalue weighted by Crippen LogP contribution is -2.19. The fourth-order valence-corrected chi connectivity index (χ4v) is 2.20. The Kier molecular flexibility index (Phi) is 4.37. The van der Waals surface area contributed by atoms with Crippen LogP contribution in [-0.2, 0) is 13.1 Å². The van der Waals surface area contributed by atoms with Crippen LogP contribution in [0.2, 0.25) is 0 Å². The first-order chi connectivity index (χ1) is 8.72. The molecule has 18 heavy (non-hydrogen) atoms. The molecule has 0 saturated carbocycles. The minimum absolute atomic E-state index is 0.752. The normalized spacial score (nSPS) is 11.6. The van der Waals surface area contributed by atoms with Crippen LogP contribution in [0.3, 0.4) is 0 Å². The van der Waals surface area contributed by atoms with E-state index in [-0.39, 0.29) is 0 Å². The van der Waals surface area contributed by atoms with E-state index in [1.165, 1.54) is 11.9 Å². The molecule has 3 heteroatoms. The van der Waals surface area contributed by atoms with E-state index in [0.29, 0.717) is 0 Å². The molecule has 0 saturated heterocycles. The predicted octanol–water partition coefficient (Wildman–Crippen LogP) is 3.19. The molecule has 1 N–H and O–H groups in total. The van der Waals surface area contributed by atoms with Gasteiger partial charge in [0.1, 0.15) is 5.82 Å². The van der Waals surface area contributed by atoms with Gasteiger partial charge in [-0.15, -0.1) is 0 Å². The number of aromatic nitrogens is 2. The van der Waals surface area contributed by atoms with Gasteiger partial charge in [0.15, 0.2) is 0 Å². The van der Waals surface area contributed by atoms with Crippen LogP contribution < -0.4 is 5.32 Å². The maximum absolute atomic E-state index is 4.70. The van der Waals surface area contributed by atoms with Gasteiger partial charge >= 0.3 is 0 Å². The fourth-order valence-electron chi connectivity index (χ4n) is 2.20. The predicted molar refractivity (Wildman–Crippen MR) is 76.6 cm³/mol. The third-order valence-corrected chi connectivity index (χ3v) is 3.23. The summed E-state index contributed by atoms with van der Waals surface area (Å²) >= 11 is 0. The maximum atomic E-state index is 4.70. The number of fused-ring (bicyclic) bond motifs is 1. The zero-order valence-corrected chi connectivity index (χ0v) is 11.6. The summed E-state index contributed by atoms with van der Waals surface area (Å²) < 4.78 is 2.29. The average molecular weight is 245 g/mol. The van der Waals surface area contributed by atoms with Crippen LogP contribution in [0.5, 0.6) is 0 Å². The van der Waals surface area contributed by atoms with Crippen LogP contribution in [0.15, 0.2) is 24.3 Å². The Morgan fingerprint density at radius 2 is 2.06 bits per heavy atom. The van der Waals surface area contributed by atoms with Crippen molar-refractivity contribution < 1.29 is 0 Å². The Morgan fingerprint density at radius 3 is 2.78 bits per heavy atom. The van der Waals surface area contributed by atoms with Crippen molar-refractivity contribution in [3.63, 3.8) is 0 Å². The molecule has 0 radical (unpaired) electrons. The van der Waals surface area contributed by atoms with Crippen molar-refractivity contribution in [2.45, 2.75) is 40.3 Å². The number of hydrogen-bond acceptors (Lipinski definition) is 2. The van der Waals surface area contributed by atoms with Crippen molar-refractivity contribution in [2.24, 2.45) is 5.92 Å². The van der Waals surface area contributed by atoms with Gasteiger partial charge in [0.05, 0.1) is 17.6 Å². The van der Waals surface area contributed by atoms with Crippen LogP contribution in [0.25, 0.3) is 11.0 Å². The van der Waals surface area contributed by atoms with Crippen molar-refractivity contribution in [3.8, 4) is 0 Å². The van der Waals surface area contributed by atoms with Gasteiger partial charge in [-0.25, -0.2) is 4.98 Å². The molecular weight excluding hydrogens is 222 g/mol. The van der Waals surface area contributed by atoms with E-state index in [2.05, 4.69) is 48.9 Å². The van der Waals surface area contributed by atoms with Crippen molar-refractivity contribution in [1.82, 2.24) is 14.9 Å². The molecule has 98 valence electrons. The second-order valence-corrected chi connectivity index (χ2v) is 5.12. The molecule has 0 aliphatic rings. The van der Waals surface area contributed by atoms with E-state index in [9.17, 15) is 0 Å². The molecule has 0 aliphatic heterocycles. The molecule has 0 unspecified atom stereocenters. The molecule has 3 nitrogen and oxygen atoms in total. The summed E-state index contributed by atoms with van der Waals surface area (Å²) in [7, 11) is 0. The van der Waals surface area contributed by atoms with Crippen molar-refractivity contribution >= 4 is 11.0 Å². The lowest BCUT2D eigenvalue weighted by atomic mass is 10.1. The number of nitrogens with one attached hydrogen (secondary N) is 1. The van der Waals surface area contributed by atoms with E-state index in [4.69, 9.17) is 4.98 Å². The molecule has 0 spiro atoms. The third kappa shape index (κ3) is 2.91. The molecule has 2 rings (SSSR count). The standard InChI is InChI=1S/C15H23N3/c1-4-18-14-8-6-5-7-13(14)17-15(18)11-16-10-9-12(2)3/h5-8,12,16H,4,9-11H2,1-3H3. The molecule has 0 atom stereocenters. The highest BCUT2D eigenvalue weighted by molar-refractivity contribution is 5.75. The van der Waals surface area contributed by atoms with Gasteiger partial charge in [0.25, 0.3) is 0 Å². The van der Waals surface area contributed by atoms with E-state index in [0.717, 1.165) is 36.9 Å². The molecule has 0 amide bonds. The van der Waals surface area contributed by atoms with Gasteiger partial charge < -0.3 is 9.88 Å². The lowest BCUT2D eigenvalue weighted by molar-refractivity contribution is 0.525. The Balaban J connectivity index is 2.08. The molecule has 1 aromatic carbocycles. The number of nitrogens with zero attached hydrogens (tertiary/aromatic N) is 2. The van der Waals surface area contributed by atoms with Crippen molar-refractivity contribution in [3.05, 3.63) is 30.1 Å². The van der Waals surface area contributed by atoms with Gasteiger partial charge in [0, 0.05) is 6.54 Å². The third-order valence-electron chi connectivity index (χ3n) is 3.23. The maximum Gasteiger partial charge on any atom is 0.123 e. The Labute approximate surface area is 109 Å². The number of aryl methyl sites for hydroxylation is 1. The zero-order chi connectivity index (χ0) is 13.0. The minimum Gasteiger partial charge on any atom is -0.327 e. The van der Waals surface area contributed by atoms with Gasteiger partial charge in [-0.2, -0.15) is 0 Å². The van der Waals surface area contributed by atoms with E-state index in [1.807, 2.05) is 6.07 Å². The summed E-state index contributed by atoms with van der Waals surface area (Å²) in [5, 5.41) is 3.49. The second kappa shape index (κ2) is 6.01. The zero-order valence-electron chi connectivity index (χ0n) is 11.6. The molecule has 1 aromatic heterocycles. The van der Waals surface area contributed by atoms with Gasteiger partial charge in [-0.1, -0.05) is 26.0 Å². The Hall–Kier alpha value is -1.35. The Bertz CT molecular complexity index is 499. The molecule has 1 heterocycles. The van der Waals surface area contributed by atoms with Crippen LogP contribution in [0.4, 0.5) is 0 Å². The van der Waals surface area contributed by atoms with Crippen molar-refractivity contribution in [1.29, 1.82) is 0 Å². The number of imidazole rings is 1. The van der Waals surface area contributed by atoms with Crippen molar-refractivity contribution in [2.75, 3.05) is 6.54 Å². The minimum atomic E-state index is 0.752. The Morgan fingerprint density at radius 1 is 1.28 bits per heavy atom. The molecule has 0 bridgehead atoms. The summed E-state index contributed by atoms with van der Waals surface area (Å²) in [6.07, 6.45) is 1.21. The molecule has 2 aromatic rings. The van der Waals surface area contributed by atoms with Gasteiger partial charge in [-0.3, -0.25) is 0 Å². The second-order valence-electron chi connectivity index (χ2n) is 5.12. The highest BCUT2D eigenvalue weighted by atomic mass is 15.1. The lowest BCUT2D eigenvalue weighted by Gasteiger charge is -2.08. The van der Waals surface area contributed by atoms with E-state index >= 15 is 0 Å². The highest BCUT2D eigenvalue weighted by Gasteiger charge is 2.08. The number of benzene rings is 1. The molecule has 0 aliphatic carbocycles. The summed E-state index contributed by atoms with van der Waals surface area (Å²) in [6, 6.07) is 8.35. The SMILES string of the molecule is CCn1c(CNCCC(C)C)nc2ccccc21. The molecular formula is C15H23N3. The number of para-hydroxylation sites is 2. The number of rotatable bonds is 6. The van der Waals surface area contributed by atoms with Gasteiger partial charge in [0.2, 0.25) is 0 Å². The van der Waals surface area contributed by atoms with Crippen LogP contribution in [-0.4, -0.2) is 16.1 Å².